The van der Waals surface area contributed by atoms with Crippen LogP contribution in [0.2, 0.25) is 0 Å². The molecule has 0 spiro atoms. The molecule has 7 heteroatoms. The van der Waals surface area contributed by atoms with Gasteiger partial charge in [0, 0.05) is 6.04 Å². The highest BCUT2D eigenvalue weighted by Gasteiger charge is 2.31. The Morgan fingerprint density at radius 1 is 1.14 bits per heavy atom. The van der Waals surface area contributed by atoms with Crippen molar-refractivity contribution in [2.24, 2.45) is 0 Å². The van der Waals surface area contributed by atoms with Crippen molar-refractivity contribution in [2.45, 2.75) is 63.8 Å². The second-order valence-corrected chi connectivity index (χ2v) is 9.90. The zero-order valence-electron chi connectivity index (χ0n) is 17.7. The Balaban J connectivity index is 1.90. The van der Waals surface area contributed by atoms with E-state index in [9.17, 15) is 13.2 Å². The van der Waals surface area contributed by atoms with Crippen molar-refractivity contribution in [3.8, 4) is 0 Å². The maximum atomic E-state index is 12.9. The van der Waals surface area contributed by atoms with Gasteiger partial charge in [-0.15, -0.1) is 0 Å². The van der Waals surface area contributed by atoms with Gasteiger partial charge in [-0.1, -0.05) is 39.3 Å². The van der Waals surface area contributed by atoms with Crippen LogP contribution in [-0.4, -0.2) is 57.4 Å². The number of benzene rings is 1. The number of nitrogens with zero attached hydrogens (tertiary/aromatic N) is 1. The van der Waals surface area contributed by atoms with E-state index in [1.54, 1.807) is 16.4 Å². The van der Waals surface area contributed by atoms with E-state index in [1.165, 1.54) is 5.56 Å². The van der Waals surface area contributed by atoms with Gasteiger partial charge in [0.25, 0.3) is 5.91 Å². The number of hydrogen-bond acceptors (Lipinski definition) is 3. The van der Waals surface area contributed by atoms with Gasteiger partial charge in [0.2, 0.25) is 10.0 Å². The first-order valence-corrected chi connectivity index (χ1v) is 11.9. The van der Waals surface area contributed by atoms with E-state index in [0.717, 1.165) is 24.2 Å². The first kappa shape index (κ1) is 22.8. The fraction of sp³-hybridized carbons (Fsp3) is 0.667. The molecule has 0 bridgehead atoms. The van der Waals surface area contributed by atoms with Gasteiger partial charge in [-0.2, -0.15) is 4.31 Å². The van der Waals surface area contributed by atoms with Crippen LogP contribution < -0.4 is 10.2 Å². The summed E-state index contributed by atoms with van der Waals surface area (Å²) in [5, 5.41) is 3.02. The number of sulfonamides is 1. The zero-order valence-corrected chi connectivity index (χ0v) is 18.5. The van der Waals surface area contributed by atoms with Crippen LogP contribution in [0.5, 0.6) is 0 Å². The maximum absolute atomic E-state index is 12.9. The maximum Gasteiger partial charge on any atom is 0.275 e. The summed E-state index contributed by atoms with van der Waals surface area (Å²) in [6.07, 6.45) is 3.05. The van der Waals surface area contributed by atoms with E-state index in [0.29, 0.717) is 43.5 Å². The smallest absolute Gasteiger partial charge is 0.275 e. The van der Waals surface area contributed by atoms with E-state index < -0.39 is 10.0 Å². The van der Waals surface area contributed by atoms with Gasteiger partial charge >= 0.3 is 0 Å². The lowest BCUT2D eigenvalue weighted by atomic mass is 9.99. The van der Waals surface area contributed by atoms with Crippen LogP contribution >= 0.6 is 0 Å². The van der Waals surface area contributed by atoms with E-state index in [2.05, 4.69) is 26.1 Å². The summed E-state index contributed by atoms with van der Waals surface area (Å²) in [5.74, 6) is 0.475. The molecule has 0 aromatic heterocycles. The molecule has 1 heterocycles. The minimum Gasteiger partial charge on any atom is -0.349 e. The van der Waals surface area contributed by atoms with Crippen LogP contribution in [-0.2, 0) is 14.8 Å². The molecule has 0 aliphatic carbocycles. The lowest BCUT2D eigenvalue weighted by Gasteiger charge is -2.31. The Kier molecular flexibility index (Phi) is 8.46. The standard InChI is InChI=1S/C21H35N3O3S/c1-5-7-18(4)22-21(25)16-23-12-14-24(15-13-23)28(26,27)20-10-8-19(9-11-20)17(3)6-2/h8-11,17-18H,5-7,12-16H2,1-4H3,(H,22,25)/p+1/t17-,18-/m0/s1. The molecule has 158 valence electrons. The SMILES string of the molecule is CCC[C@H](C)NC(=O)C[NH+]1CCN(S(=O)(=O)c2ccc([C@@H](C)CC)cc2)CC1. The third kappa shape index (κ3) is 6.03. The van der Waals surface area contributed by atoms with Crippen LogP contribution in [0.25, 0.3) is 0 Å². The number of piperazine rings is 1. The Morgan fingerprint density at radius 2 is 1.75 bits per heavy atom. The van der Waals surface area contributed by atoms with Crippen molar-refractivity contribution in [3.05, 3.63) is 29.8 Å². The first-order valence-electron chi connectivity index (χ1n) is 10.5. The normalized spacial score (nSPS) is 18.6. The number of quaternary nitrogens is 1. The molecular formula is C21H36N3O3S+. The fourth-order valence-corrected chi connectivity index (χ4v) is 5.07. The highest BCUT2D eigenvalue weighted by atomic mass is 32.2. The zero-order chi connectivity index (χ0) is 20.7. The molecule has 6 nitrogen and oxygen atoms in total. The molecule has 2 rings (SSSR count). The summed E-state index contributed by atoms with van der Waals surface area (Å²) in [7, 11) is -3.47. The van der Waals surface area contributed by atoms with Crippen molar-refractivity contribution in [3.63, 3.8) is 0 Å². The van der Waals surface area contributed by atoms with Crippen molar-refractivity contribution in [2.75, 3.05) is 32.7 Å². The molecule has 1 saturated heterocycles. The topological polar surface area (TPSA) is 70.9 Å². The summed E-state index contributed by atoms with van der Waals surface area (Å²) >= 11 is 0. The third-order valence-electron chi connectivity index (χ3n) is 5.67. The molecule has 0 saturated carbocycles. The Hall–Kier alpha value is -1.44. The molecule has 0 unspecified atom stereocenters. The Morgan fingerprint density at radius 3 is 2.29 bits per heavy atom. The van der Waals surface area contributed by atoms with Gasteiger partial charge in [-0.3, -0.25) is 4.79 Å². The largest absolute Gasteiger partial charge is 0.349 e. The third-order valence-corrected chi connectivity index (χ3v) is 7.58. The van der Waals surface area contributed by atoms with Gasteiger partial charge in [0.1, 0.15) is 0 Å². The molecule has 2 N–H and O–H groups in total. The number of nitrogens with one attached hydrogen (secondary N) is 2. The predicted octanol–water partition coefficient (Wildman–Crippen LogP) is 1.39. The average Bonchev–Trinajstić information content (AvgIpc) is 2.68. The van der Waals surface area contributed by atoms with Crippen molar-refractivity contribution in [1.29, 1.82) is 0 Å². The molecule has 1 aliphatic rings. The van der Waals surface area contributed by atoms with Crippen LogP contribution in [0.15, 0.2) is 29.2 Å². The number of amides is 1. The number of rotatable bonds is 9. The van der Waals surface area contributed by atoms with Crippen molar-refractivity contribution < 1.29 is 18.1 Å². The molecular weight excluding hydrogens is 374 g/mol. The van der Waals surface area contributed by atoms with Crippen molar-refractivity contribution >= 4 is 15.9 Å². The second-order valence-electron chi connectivity index (χ2n) is 7.97. The molecule has 1 aromatic rings. The molecule has 28 heavy (non-hydrogen) atoms. The summed E-state index contributed by atoms with van der Waals surface area (Å²) in [6.45, 7) is 11.0. The van der Waals surface area contributed by atoms with Gasteiger partial charge in [-0.05, 0) is 43.4 Å². The molecule has 1 aliphatic heterocycles. The first-order chi connectivity index (χ1) is 13.3. The Labute approximate surface area is 170 Å². The molecule has 1 amide bonds. The molecule has 1 aromatic carbocycles. The lowest BCUT2D eigenvalue weighted by Crippen LogP contribution is -3.15. The lowest BCUT2D eigenvalue weighted by molar-refractivity contribution is -0.895. The summed E-state index contributed by atoms with van der Waals surface area (Å²) < 4.78 is 27.4. The van der Waals surface area contributed by atoms with Gasteiger partial charge in [0.05, 0.1) is 31.1 Å². The molecule has 1 fully saturated rings. The number of hydrogen-bond donors (Lipinski definition) is 2. The Bertz CT molecular complexity index is 726. The molecule has 2 atom stereocenters. The van der Waals surface area contributed by atoms with Crippen molar-refractivity contribution in [1.82, 2.24) is 9.62 Å². The van der Waals surface area contributed by atoms with E-state index in [4.69, 9.17) is 0 Å². The van der Waals surface area contributed by atoms with E-state index in [-0.39, 0.29) is 11.9 Å². The molecule has 0 radical (unpaired) electrons. The van der Waals surface area contributed by atoms with Crippen LogP contribution in [0.1, 0.15) is 58.4 Å². The summed E-state index contributed by atoms with van der Waals surface area (Å²) in [4.78, 5) is 13.6. The monoisotopic (exact) mass is 410 g/mol. The quantitative estimate of drug-likeness (QED) is 0.646. The second kappa shape index (κ2) is 10.4. The predicted molar refractivity (Wildman–Crippen MR) is 112 cm³/mol. The highest BCUT2D eigenvalue weighted by Crippen LogP contribution is 2.22. The van der Waals surface area contributed by atoms with Crippen LogP contribution in [0, 0.1) is 0 Å². The average molecular weight is 411 g/mol. The fourth-order valence-electron chi connectivity index (χ4n) is 3.63. The van der Waals surface area contributed by atoms with E-state index >= 15 is 0 Å². The summed E-state index contributed by atoms with van der Waals surface area (Å²) in [5.41, 5.74) is 1.17. The number of carbonyl (C=O) groups is 1. The number of carbonyl (C=O) groups excluding carboxylic acids is 1. The van der Waals surface area contributed by atoms with Crippen LogP contribution in [0.4, 0.5) is 0 Å². The van der Waals surface area contributed by atoms with E-state index in [1.807, 2.05) is 19.1 Å². The highest BCUT2D eigenvalue weighted by molar-refractivity contribution is 7.89. The summed E-state index contributed by atoms with van der Waals surface area (Å²) in [6, 6.07) is 7.48. The van der Waals surface area contributed by atoms with Gasteiger partial charge in [-0.25, -0.2) is 8.42 Å². The van der Waals surface area contributed by atoms with Gasteiger partial charge in [0.15, 0.2) is 6.54 Å². The van der Waals surface area contributed by atoms with Crippen LogP contribution in [0.3, 0.4) is 0 Å². The minimum atomic E-state index is -3.47. The minimum absolute atomic E-state index is 0.0490. The van der Waals surface area contributed by atoms with Gasteiger partial charge < -0.3 is 10.2 Å².